The van der Waals surface area contributed by atoms with Gasteiger partial charge in [0.2, 0.25) is 0 Å². The highest BCUT2D eigenvalue weighted by Gasteiger charge is 2.36. The van der Waals surface area contributed by atoms with Crippen molar-refractivity contribution in [3.05, 3.63) is 34.3 Å². The zero-order valence-electron chi connectivity index (χ0n) is 11.7. The van der Waals surface area contributed by atoms with E-state index in [-0.39, 0.29) is 12.1 Å². The predicted molar refractivity (Wildman–Crippen MR) is 82.1 cm³/mol. The first kappa shape index (κ1) is 15.0. The van der Waals surface area contributed by atoms with Crippen LogP contribution in [0.1, 0.15) is 31.4 Å². The summed E-state index contributed by atoms with van der Waals surface area (Å²) in [6, 6.07) is 9.39. The minimum Gasteiger partial charge on any atom is -0.383 e. The molecule has 106 valence electrons. The van der Waals surface area contributed by atoms with Crippen molar-refractivity contribution in [3.63, 3.8) is 0 Å². The van der Waals surface area contributed by atoms with Gasteiger partial charge < -0.3 is 10.5 Å². The standard InChI is InChI=1S/C15H23BrN2O/c1-11(17)15(13-5-3-4-6-14(13)16)18(9-10-19-2)12-7-8-12/h3-6,11-12,15H,7-10,17H2,1-2H3. The van der Waals surface area contributed by atoms with Crippen molar-refractivity contribution in [3.8, 4) is 0 Å². The van der Waals surface area contributed by atoms with E-state index in [1.54, 1.807) is 7.11 Å². The van der Waals surface area contributed by atoms with Crippen LogP contribution < -0.4 is 5.73 Å². The maximum atomic E-state index is 6.27. The van der Waals surface area contributed by atoms with E-state index >= 15 is 0 Å². The first-order valence-electron chi connectivity index (χ1n) is 6.90. The van der Waals surface area contributed by atoms with Gasteiger partial charge in [-0.05, 0) is 31.4 Å². The molecule has 0 aromatic heterocycles. The summed E-state index contributed by atoms with van der Waals surface area (Å²) in [5.41, 5.74) is 7.55. The van der Waals surface area contributed by atoms with Crippen LogP contribution >= 0.6 is 15.9 Å². The van der Waals surface area contributed by atoms with E-state index in [2.05, 4.69) is 46.0 Å². The summed E-state index contributed by atoms with van der Waals surface area (Å²) >= 11 is 3.66. The van der Waals surface area contributed by atoms with Crippen molar-refractivity contribution in [1.82, 2.24) is 4.90 Å². The Kier molecular flexibility index (Phi) is 5.39. The second-order valence-corrected chi connectivity index (χ2v) is 6.14. The van der Waals surface area contributed by atoms with Crippen molar-refractivity contribution in [2.75, 3.05) is 20.3 Å². The molecule has 4 heteroatoms. The van der Waals surface area contributed by atoms with E-state index in [1.807, 2.05) is 6.07 Å². The van der Waals surface area contributed by atoms with Crippen molar-refractivity contribution >= 4 is 15.9 Å². The van der Waals surface area contributed by atoms with Gasteiger partial charge >= 0.3 is 0 Å². The Labute approximate surface area is 124 Å². The van der Waals surface area contributed by atoms with Crippen LogP contribution in [0.15, 0.2) is 28.7 Å². The molecule has 2 rings (SSSR count). The van der Waals surface area contributed by atoms with Crippen LogP contribution in [0, 0.1) is 0 Å². The van der Waals surface area contributed by atoms with Crippen LogP contribution in [0.3, 0.4) is 0 Å². The van der Waals surface area contributed by atoms with Crippen LogP contribution in [0.4, 0.5) is 0 Å². The smallest absolute Gasteiger partial charge is 0.0590 e. The summed E-state index contributed by atoms with van der Waals surface area (Å²) in [6.07, 6.45) is 2.55. The molecule has 3 nitrogen and oxygen atoms in total. The molecule has 1 aromatic rings. The van der Waals surface area contributed by atoms with Gasteiger partial charge in [-0.25, -0.2) is 0 Å². The molecule has 1 fully saturated rings. The number of hydrogen-bond donors (Lipinski definition) is 1. The fourth-order valence-corrected chi connectivity index (χ4v) is 3.15. The summed E-state index contributed by atoms with van der Waals surface area (Å²) in [7, 11) is 1.75. The van der Waals surface area contributed by atoms with Gasteiger partial charge in [0.25, 0.3) is 0 Å². The normalized spacial score (nSPS) is 18.6. The number of halogens is 1. The van der Waals surface area contributed by atoms with Crippen LogP contribution in [-0.2, 0) is 4.74 Å². The van der Waals surface area contributed by atoms with E-state index in [9.17, 15) is 0 Å². The van der Waals surface area contributed by atoms with E-state index < -0.39 is 0 Å². The fourth-order valence-electron chi connectivity index (χ4n) is 2.63. The highest BCUT2D eigenvalue weighted by molar-refractivity contribution is 9.10. The number of benzene rings is 1. The SMILES string of the molecule is COCCN(C1CC1)C(c1ccccc1Br)C(C)N. The zero-order valence-corrected chi connectivity index (χ0v) is 13.3. The molecular formula is C15H23BrN2O. The average molecular weight is 327 g/mol. The van der Waals surface area contributed by atoms with Gasteiger partial charge in [-0.2, -0.15) is 0 Å². The minimum atomic E-state index is 0.0937. The van der Waals surface area contributed by atoms with E-state index in [4.69, 9.17) is 10.5 Å². The lowest BCUT2D eigenvalue weighted by atomic mass is 9.99. The summed E-state index contributed by atoms with van der Waals surface area (Å²) in [4.78, 5) is 2.51. The summed E-state index contributed by atoms with van der Waals surface area (Å²) in [5, 5.41) is 0. The second-order valence-electron chi connectivity index (χ2n) is 5.29. The van der Waals surface area contributed by atoms with Crippen LogP contribution in [0.5, 0.6) is 0 Å². The van der Waals surface area contributed by atoms with E-state index in [0.29, 0.717) is 6.04 Å². The van der Waals surface area contributed by atoms with Crippen molar-refractivity contribution < 1.29 is 4.74 Å². The minimum absolute atomic E-state index is 0.0937. The molecule has 1 saturated carbocycles. The van der Waals surface area contributed by atoms with Gasteiger partial charge in [-0.15, -0.1) is 0 Å². The van der Waals surface area contributed by atoms with Gasteiger partial charge in [-0.1, -0.05) is 34.1 Å². The van der Waals surface area contributed by atoms with Crippen molar-refractivity contribution in [1.29, 1.82) is 0 Å². The van der Waals surface area contributed by atoms with E-state index in [0.717, 1.165) is 17.6 Å². The molecular weight excluding hydrogens is 304 g/mol. The molecule has 19 heavy (non-hydrogen) atoms. The fraction of sp³-hybridized carbons (Fsp3) is 0.600. The zero-order chi connectivity index (χ0) is 13.8. The van der Waals surface area contributed by atoms with Crippen LogP contribution in [0.2, 0.25) is 0 Å². The molecule has 1 aromatic carbocycles. The molecule has 0 radical (unpaired) electrons. The van der Waals surface area contributed by atoms with Crippen LogP contribution in [0.25, 0.3) is 0 Å². The molecule has 0 aliphatic heterocycles. The Bertz CT molecular complexity index is 407. The summed E-state index contributed by atoms with van der Waals surface area (Å²) in [5.74, 6) is 0. The number of nitrogens with two attached hydrogens (primary N) is 1. The van der Waals surface area contributed by atoms with Crippen molar-refractivity contribution in [2.45, 2.75) is 37.9 Å². The molecule has 2 unspecified atom stereocenters. The highest BCUT2D eigenvalue weighted by Crippen LogP contribution is 2.37. The molecule has 0 saturated heterocycles. The van der Waals surface area contributed by atoms with Gasteiger partial charge in [0.1, 0.15) is 0 Å². The number of rotatable bonds is 7. The third kappa shape index (κ3) is 3.78. The number of ether oxygens (including phenoxy) is 1. The highest BCUT2D eigenvalue weighted by atomic mass is 79.9. The van der Waals surface area contributed by atoms with E-state index in [1.165, 1.54) is 18.4 Å². The lowest BCUT2D eigenvalue weighted by Gasteiger charge is -2.35. The largest absolute Gasteiger partial charge is 0.383 e. The Morgan fingerprint density at radius 3 is 2.63 bits per heavy atom. The number of nitrogens with zero attached hydrogens (tertiary/aromatic N) is 1. The molecule has 1 aliphatic rings. The van der Waals surface area contributed by atoms with Crippen LogP contribution in [-0.4, -0.2) is 37.2 Å². The average Bonchev–Trinajstić information content (AvgIpc) is 3.20. The molecule has 0 bridgehead atoms. The molecule has 1 aliphatic carbocycles. The first-order chi connectivity index (χ1) is 9.15. The Morgan fingerprint density at radius 1 is 1.42 bits per heavy atom. The van der Waals surface area contributed by atoms with Gasteiger partial charge in [0.05, 0.1) is 12.6 Å². The topological polar surface area (TPSA) is 38.5 Å². The monoisotopic (exact) mass is 326 g/mol. The maximum absolute atomic E-state index is 6.27. The first-order valence-corrected chi connectivity index (χ1v) is 7.69. The predicted octanol–water partition coefficient (Wildman–Crippen LogP) is 2.95. The maximum Gasteiger partial charge on any atom is 0.0590 e. The van der Waals surface area contributed by atoms with Gasteiger partial charge in [0.15, 0.2) is 0 Å². The molecule has 2 N–H and O–H groups in total. The summed E-state index contributed by atoms with van der Waals surface area (Å²) < 4.78 is 6.39. The Balaban J connectivity index is 2.24. The Morgan fingerprint density at radius 2 is 2.11 bits per heavy atom. The lowest BCUT2D eigenvalue weighted by Crippen LogP contribution is -2.42. The molecule has 0 amide bonds. The van der Waals surface area contributed by atoms with Crippen molar-refractivity contribution in [2.24, 2.45) is 5.73 Å². The number of methoxy groups -OCH3 is 1. The molecule has 0 heterocycles. The lowest BCUT2D eigenvalue weighted by molar-refractivity contribution is 0.104. The summed E-state index contributed by atoms with van der Waals surface area (Å²) in [6.45, 7) is 3.78. The second kappa shape index (κ2) is 6.84. The number of hydrogen-bond acceptors (Lipinski definition) is 3. The molecule has 2 atom stereocenters. The quantitative estimate of drug-likeness (QED) is 0.837. The third-order valence-electron chi connectivity index (χ3n) is 3.65. The Hall–Kier alpha value is -0.420. The van der Waals surface area contributed by atoms with Gasteiger partial charge in [0, 0.05) is 30.2 Å². The third-order valence-corrected chi connectivity index (χ3v) is 4.37. The van der Waals surface area contributed by atoms with Gasteiger partial charge in [-0.3, -0.25) is 4.90 Å². The molecule has 0 spiro atoms.